The van der Waals surface area contributed by atoms with Crippen LogP contribution in [0.15, 0.2) is 12.2 Å². The summed E-state index contributed by atoms with van der Waals surface area (Å²) in [4.78, 5) is 0. The Bertz CT molecular complexity index is 254. The van der Waals surface area contributed by atoms with Crippen molar-refractivity contribution in [2.24, 2.45) is 5.92 Å². The van der Waals surface area contributed by atoms with E-state index in [1.165, 1.54) is 12.8 Å². The zero-order chi connectivity index (χ0) is 12.7. The minimum absolute atomic E-state index is 0.132. The summed E-state index contributed by atoms with van der Waals surface area (Å²) in [5.41, 5.74) is 0.132. The number of nitrogens with one attached hydrogen (secondary N) is 1. The lowest BCUT2D eigenvalue weighted by Gasteiger charge is -2.42. The minimum atomic E-state index is 0.132. The molecule has 0 aromatic rings. The van der Waals surface area contributed by atoms with Crippen LogP contribution in [0.5, 0.6) is 0 Å². The van der Waals surface area contributed by atoms with Crippen LogP contribution in [-0.2, 0) is 9.47 Å². The molecule has 0 saturated carbocycles. The highest BCUT2D eigenvalue weighted by atomic mass is 16.5. The molecule has 1 atom stereocenters. The van der Waals surface area contributed by atoms with Crippen molar-refractivity contribution in [2.75, 3.05) is 32.9 Å². The van der Waals surface area contributed by atoms with Crippen LogP contribution in [0.2, 0.25) is 0 Å². The van der Waals surface area contributed by atoms with Gasteiger partial charge in [0, 0.05) is 19.8 Å². The zero-order valence-corrected chi connectivity index (χ0v) is 11.6. The number of allylic oxidation sites excluding steroid dienone is 1. The molecule has 1 spiro atoms. The number of hydrogen-bond acceptors (Lipinski definition) is 3. The van der Waals surface area contributed by atoms with E-state index < -0.39 is 0 Å². The Hall–Kier alpha value is -0.380. The second kappa shape index (κ2) is 7.27. The van der Waals surface area contributed by atoms with Gasteiger partial charge in [-0.15, -0.1) is 0 Å². The van der Waals surface area contributed by atoms with Gasteiger partial charge in [0.15, 0.2) is 0 Å². The Morgan fingerprint density at radius 2 is 2.11 bits per heavy atom. The van der Waals surface area contributed by atoms with Crippen molar-refractivity contribution >= 4 is 0 Å². The fourth-order valence-electron chi connectivity index (χ4n) is 2.97. The Kier molecular flexibility index (Phi) is 5.67. The molecule has 3 heteroatoms. The molecule has 3 nitrogen and oxygen atoms in total. The second-order valence-corrected chi connectivity index (χ2v) is 5.47. The predicted octanol–water partition coefficient (Wildman–Crippen LogP) is 2.52. The van der Waals surface area contributed by atoms with Crippen LogP contribution in [0.3, 0.4) is 0 Å². The predicted molar refractivity (Wildman–Crippen MR) is 73.8 cm³/mol. The largest absolute Gasteiger partial charge is 0.381 e. The maximum Gasteiger partial charge on any atom is 0.0732 e. The van der Waals surface area contributed by atoms with Gasteiger partial charge in [-0.05, 0) is 51.1 Å². The summed E-state index contributed by atoms with van der Waals surface area (Å²) in [6.07, 6.45) is 10.4. The van der Waals surface area contributed by atoms with Gasteiger partial charge in [0.05, 0.1) is 5.60 Å². The van der Waals surface area contributed by atoms with E-state index in [0.717, 1.165) is 52.2 Å². The average molecular weight is 253 g/mol. The lowest BCUT2D eigenvalue weighted by atomic mass is 9.80. The van der Waals surface area contributed by atoms with Crippen molar-refractivity contribution < 1.29 is 9.47 Å². The maximum absolute atomic E-state index is 6.06. The summed E-state index contributed by atoms with van der Waals surface area (Å²) < 4.78 is 11.5. The van der Waals surface area contributed by atoms with Crippen molar-refractivity contribution in [1.29, 1.82) is 0 Å². The Balaban J connectivity index is 1.75. The molecule has 2 fully saturated rings. The van der Waals surface area contributed by atoms with Gasteiger partial charge in [-0.25, -0.2) is 0 Å². The Morgan fingerprint density at radius 3 is 2.89 bits per heavy atom. The van der Waals surface area contributed by atoms with E-state index in [0.29, 0.717) is 5.92 Å². The number of ether oxygens (including phenoxy) is 2. The van der Waals surface area contributed by atoms with Crippen LogP contribution in [0, 0.1) is 5.92 Å². The molecular weight excluding hydrogens is 226 g/mol. The average Bonchev–Trinajstić information content (AvgIpc) is 2.40. The first-order valence-corrected chi connectivity index (χ1v) is 7.44. The topological polar surface area (TPSA) is 30.5 Å². The summed E-state index contributed by atoms with van der Waals surface area (Å²) in [7, 11) is 0. The van der Waals surface area contributed by atoms with Gasteiger partial charge in [-0.3, -0.25) is 0 Å². The first-order chi connectivity index (χ1) is 8.85. The van der Waals surface area contributed by atoms with Crippen molar-refractivity contribution in [2.45, 2.75) is 44.6 Å². The van der Waals surface area contributed by atoms with E-state index >= 15 is 0 Å². The molecule has 18 heavy (non-hydrogen) atoms. The van der Waals surface area contributed by atoms with Crippen molar-refractivity contribution in [1.82, 2.24) is 5.32 Å². The van der Waals surface area contributed by atoms with Gasteiger partial charge in [0.1, 0.15) is 0 Å². The molecule has 2 aliphatic rings. The summed E-state index contributed by atoms with van der Waals surface area (Å²) in [6.45, 7) is 6.97. The first kappa shape index (κ1) is 14.0. The van der Waals surface area contributed by atoms with Crippen LogP contribution in [0.4, 0.5) is 0 Å². The van der Waals surface area contributed by atoms with Crippen molar-refractivity contribution in [3.05, 3.63) is 12.2 Å². The monoisotopic (exact) mass is 253 g/mol. The highest BCUT2D eigenvalue weighted by Gasteiger charge is 2.38. The van der Waals surface area contributed by atoms with E-state index in [2.05, 4.69) is 24.4 Å². The first-order valence-electron chi connectivity index (χ1n) is 7.44. The number of hydrogen-bond donors (Lipinski definition) is 1. The SMILES string of the molecule is CCNCCC=CC1CCOC2(CCOCC2)C1. The van der Waals surface area contributed by atoms with Crippen LogP contribution in [0.1, 0.15) is 39.0 Å². The Labute approximate surface area is 111 Å². The lowest BCUT2D eigenvalue weighted by molar-refractivity contribution is -0.141. The quantitative estimate of drug-likeness (QED) is 0.603. The van der Waals surface area contributed by atoms with Gasteiger partial charge in [-0.1, -0.05) is 19.1 Å². The molecule has 0 amide bonds. The molecule has 0 aliphatic carbocycles. The van der Waals surface area contributed by atoms with Crippen LogP contribution in [0.25, 0.3) is 0 Å². The molecule has 0 radical (unpaired) electrons. The standard InChI is InChI=1S/C15H27NO2/c1-2-16-9-4-3-5-14-6-10-18-15(13-14)7-11-17-12-8-15/h3,5,14,16H,2,4,6-13H2,1H3. The molecule has 1 N–H and O–H groups in total. The minimum Gasteiger partial charge on any atom is -0.381 e. The fourth-order valence-corrected chi connectivity index (χ4v) is 2.97. The van der Waals surface area contributed by atoms with Crippen molar-refractivity contribution in [3.8, 4) is 0 Å². The number of rotatable bonds is 5. The zero-order valence-electron chi connectivity index (χ0n) is 11.6. The molecule has 2 saturated heterocycles. The third-order valence-corrected chi connectivity index (χ3v) is 4.08. The highest BCUT2D eigenvalue weighted by molar-refractivity contribution is 4.97. The fraction of sp³-hybridized carbons (Fsp3) is 0.867. The van der Waals surface area contributed by atoms with Crippen molar-refractivity contribution in [3.63, 3.8) is 0 Å². The van der Waals surface area contributed by atoms with Crippen LogP contribution < -0.4 is 5.32 Å². The van der Waals surface area contributed by atoms with Crippen LogP contribution >= 0.6 is 0 Å². The molecular formula is C15H27NO2. The van der Waals surface area contributed by atoms with Gasteiger partial charge >= 0.3 is 0 Å². The third-order valence-electron chi connectivity index (χ3n) is 4.08. The molecule has 0 aromatic heterocycles. The highest BCUT2D eigenvalue weighted by Crippen LogP contribution is 2.37. The van der Waals surface area contributed by atoms with Gasteiger partial charge in [0.2, 0.25) is 0 Å². The van der Waals surface area contributed by atoms with E-state index in [4.69, 9.17) is 9.47 Å². The molecule has 2 heterocycles. The smallest absolute Gasteiger partial charge is 0.0732 e. The van der Waals surface area contributed by atoms with Gasteiger partial charge < -0.3 is 14.8 Å². The molecule has 2 rings (SSSR count). The van der Waals surface area contributed by atoms with E-state index in [1.54, 1.807) is 0 Å². The summed E-state index contributed by atoms with van der Waals surface area (Å²) in [5, 5.41) is 3.35. The third kappa shape index (κ3) is 4.08. The molecule has 0 aromatic carbocycles. The van der Waals surface area contributed by atoms with Gasteiger partial charge in [0.25, 0.3) is 0 Å². The van der Waals surface area contributed by atoms with Crippen LogP contribution in [-0.4, -0.2) is 38.5 Å². The molecule has 104 valence electrons. The lowest BCUT2D eigenvalue weighted by Crippen LogP contribution is -2.44. The second-order valence-electron chi connectivity index (χ2n) is 5.47. The van der Waals surface area contributed by atoms with E-state index in [9.17, 15) is 0 Å². The maximum atomic E-state index is 6.06. The van der Waals surface area contributed by atoms with E-state index in [-0.39, 0.29) is 5.60 Å². The summed E-state index contributed by atoms with van der Waals surface area (Å²) >= 11 is 0. The summed E-state index contributed by atoms with van der Waals surface area (Å²) in [5.74, 6) is 0.707. The Morgan fingerprint density at radius 1 is 1.28 bits per heavy atom. The molecule has 1 unspecified atom stereocenters. The molecule has 0 bridgehead atoms. The van der Waals surface area contributed by atoms with E-state index in [1.807, 2.05) is 0 Å². The normalized spacial score (nSPS) is 27.9. The van der Waals surface area contributed by atoms with Gasteiger partial charge in [-0.2, -0.15) is 0 Å². The summed E-state index contributed by atoms with van der Waals surface area (Å²) in [6, 6.07) is 0. The molecule has 2 aliphatic heterocycles.